The summed E-state index contributed by atoms with van der Waals surface area (Å²) in [5.74, 6) is -1.22. The summed E-state index contributed by atoms with van der Waals surface area (Å²) in [5.41, 5.74) is 1.88. The Hall–Kier alpha value is -2.73. The third kappa shape index (κ3) is 3.75. The van der Waals surface area contributed by atoms with Crippen molar-refractivity contribution in [3.05, 3.63) is 95.6 Å². The number of aryl methyl sites for hydroxylation is 1. The number of sulfonamides is 1. The van der Waals surface area contributed by atoms with Crippen LogP contribution in [0.2, 0.25) is 0 Å². The predicted molar refractivity (Wildman–Crippen MR) is 97.3 cm³/mol. The molecule has 0 saturated heterocycles. The van der Waals surface area contributed by atoms with Crippen LogP contribution < -0.4 is 4.31 Å². The van der Waals surface area contributed by atoms with Crippen LogP contribution in [0.25, 0.3) is 0 Å². The van der Waals surface area contributed by atoms with E-state index in [-0.39, 0.29) is 6.54 Å². The van der Waals surface area contributed by atoms with E-state index >= 15 is 0 Å². The lowest BCUT2D eigenvalue weighted by molar-refractivity contribution is 0.563. The molecule has 6 heteroatoms. The lowest BCUT2D eigenvalue weighted by Crippen LogP contribution is -2.31. The first-order chi connectivity index (χ1) is 12.4. The second kappa shape index (κ2) is 7.25. The van der Waals surface area contributed by atoms with E-state index in [0.717, 1.165) is 15.9 Å². The number of nitrogens with zero attached hydrogens (tertiary/aromatic N) is 1. The normalized spacial score (nSPS) is 11.3. The van der Waals surface area contributed by atoms with Crippen molar-refractivity contribution >= 4 is 15.7 Å². The van der Waals surface area contributed by atoms with Crippen molar-refractivity contribution in [3.63, 3.8) is 0 Å². The molecule has 26 heavy (non-hydrogen) atoms. The summed E-state index contributed by atoms with van der Waals surface area (Å²) in [6.45, 7) is 1.80. The largest absolute Gasteiger partial charge is 0.267 e. The van der Waals surface area contributed by atoms with Crippen LogP contribution in [0, 0.1) is 18.6 Å². The van der Waals surface area contributed by atoms with Gasteiger partial charge in [0.1, 0.15) is 16.5 Å². The molecule has 0 aliphatic heterocycles. The lowest BCUT2D eigenvalue weighted by atomic mass is 10.2. The summed E-state index contributed by atoms with van der Waals surface area (Å²) in [4.78, 5) is -0.399. The highest BCUT2D eigenvalue weighted by atomic mass is 32.2. The van der Waals surface area contributed by atoms with Gasteiger partial charge in [0.15, 0.2) is 0 Å². The Bertz CT molecular complexity index is 1020. The fraction of sp³-hybridized carbons (Fsp3) is 0.100. The fourth-order valence-corrected chi connectivity index (χ4v) is 4.14. The number of hydrogen-bond acceptors (Lipinski definition) is 2. The smallest absolute Gasteiger partial charge is 0.262 e. The standard InChI is InChI=1S/C20H17F2NO2S/c1-15-5-4-6-18(13-15)23(14-16-9-11-17(21)12-10-16)26(24,25)20-8-3-2-7-19(20)22/h2-13H,14H2,1H3. The summed E-state index contributed by atoms with van der Waals surface area (Å²) < 4.78 is 54.8. The van der Waals surface area contributed by atoms with Crippen LogP contribution in [-0.2, 0) is 16.6 Å². The highest BCUT2D eigenvalue weighted by molar-refractivity contribution is 7.92. The fourth-order valence-electron chi connectivity index (χ4n) is 2.63. The van der Waals surface area contributed by atoms with E-state index in [4.69, 9.17) is 0 Å². The number of hydrogen-bond donors (Lipinski definition) is 0. The molecule has 0 bridgehead atoms. The number of benzene rings is 3. The Kier molecular flexibility index (Phi) is 5.04. The Balaban J connectivity index is 2.11. The molecular formula is C20H17F2NO2S. The van der Waals surface area contributed by atoms with Gasteiger partial charge in [-0.3, -0.25) is 4.31 Å². The topological polar surface area (TPSA) is 37.4 Å². The van der Waals surface area contributed by atoms with Gasteiger partial charge in [0.05, 0.1) is 12.2 Å². The zero-order chi connectivity index (χ0) is 18.7. The van der Waals surface area contributed by atoms with E-state index in [0.29, 0.717) is 11.3 Å². The quantitative estimate of drug-likeness (QED) is 0.652. The zero-order valence-corrected chi connectivity index (χ0v) is 14.9. The van der Waals surface area contributed by atoms with Gasteiger partial charge < -0.3 is 0 Å². The van der Waals surface area contributed by atoms with Gasteiger partial charge in [-0.05, 0) is 54.4 Å². The Labute approximate surface area is 151 Å². The van der Waals surface area contributed by atoms with Crippen molar-refractivity contribution in [2.45, 2.75) is 18.4 Å². The second-order valence-electron chi connectivity index (χ2n) is 5.91. The minimum atomic E-state index is -4.15. The zero-order valence-electron chi connectivity index (χ0n) is 14.1. The first-order valence-electron chi connectivity index (χ1n) is 7.96. The van der Waals surface area contributed by atoms with Gasteiger partial charge >= 0.3 is 0 Å². The molecule has 0 amide bonds. The molecule has 0 saturated carbocycles. The lowest BCUT2D eigenvalue weighted by Gasteiger charge is -2.25. The molecule has 0 radical (unpaired) electrons. The molecular weight excluding hydrogens is 356 g/mol. The van der Waals surface area contributed by atoms with Crippen LogP contribution >= 0.6 is 0 Å². The molecule has 134 valence electrons. The summed E-state index contributed by atoms with van der Waals surface area (Å²) >= 11 is 0. The first-order valence-corrected chi connectivity index (χ1v) is 9.40. The number of anilines is 1. The number of rotatable bonds is 5. The Morgan fingerprint density at radius 3 is 2.23 bits per heavy atom. The van der Waals surface area contributed by atoms with E-state index in [1.54, 1.807) is 18.2 Å². The van der Waals surface area contributed by atoms with Gasteiger partial charge in [0, 0.05) is 0 Å². The van der Waals surface area contributed by atoms with Crippen LogP contribution in [0.3, 0.4) is 0 Å². The van der Waals surface area contributed by atoms with E-state index in [1.165, 1.54) is 42.5 Å². The average Bonchev–Trinajstić information content (AvgIpc) is 2.61. The molecule has 0 fully saturated rings. The van der Waals surface area contributed by atoms with Crippen LogP contribution in [-0.4, -0.2) is 8.42 Å². The maximum Gasteiger partial charge on any atom is 0.267 e. The summed E-state index contributed by atoms with van der Waals surface area (Å²) in [7, 11) is -4.15. The van der Waals surface area contributed by atoms with E-state index in [2.05, 4.69) is 0 Å². The Morgan fingerprint density at radius 2 is 1.58 bits per heavy atom. The molecule has 3 aromatic rings. The highest BCUT2D eigenvalue weighted by Gasteiger charge is 2.28. The van der Waals surface area contributed by atoms with Crippen molar-refractivity contribution < 1.29 is 17.2 Å². The van der Waals surface area contributed by atoms with Gasteiger partial charge in [0.2, 0.25) is 0 Å². The van der Waals surface area contributed by atoms with E-state index in [9.17, 15) is 17.2 Å². The maximum absolute atomic E-state index is 14.2. The maximum atomic E-state index is 14.2. The van der Waals surface area contributed by atoms with Gasteiger partial charge in [-0.1, -0.05) is 36.4 Å². The molecule has 0 unspecified atom stereocenters. The third-order valence-electron chi connectivity index (χ3n) is 3.93. The molecule has 3 nitrogen and oxygen atoms in total. The van der Waals surface area contributed by atoms with E-state index < -0.39 is 26.6 Å². The molecule has 0 aliphatic rings. The molecule has 0 aromatic heterocycles. The van der Waals surface area contributed by atoms with Gasteiger partial charge in [-0.15, -0.1) is 0 Å². The minimum absolute atomic E-state index is 0.0413. The molecule has 3 aromatic carbocycles. The molecule has 0 spiro atoms. The molecule has 0 N–H and O–H groups in total. The van der Waals surface area contributed by atoms with Gasteiger partial charge in [-0.2, -0.15) is 0 Å². The second-order valence-corrected chi connectivity index (χ2v) is 7.74. The van der Waals surface area contributed by atoms with Crippen molar-refractivity contribution in [1.29, 1.82) is 0 Å². The van der Waals surface area contributed by atoms with Gasteiger partial charge in [-0.25, -0.2) is 17.2 Å². The Morgan fingerprint density at radius 1 is 0.885 bits per heavy atom. The third-order valence-corrected chi connectivity index (χ3v) is 5.74. The SMILES string of the molecule is Cc1cccc(N(Cc2ccc(F)cc2)S(=O)(=O)c2ccccc2F)c1. The van der Waals surface area contributed by atoms with Crippen molar-refractivity contribution in [2.75, 3.05) is 4.31 Å². The number of halogens is 2. The van der Waals surface area contributed by atoms with Crippen LogP contribution in [0.5, 0.6) is 0 Å². The van der Waals surface area contributed by atoms with Gasteiger partial charge in [0.25, 0.3) is 10.0 Å². The van der Waals surface area contributed by atoms with Crippen molar-refractivity contribution in [1.82, 2.24) is 0 Å². The monoisotopic (exact) mass is 373 g/mol. The van der Waals surface area contributed by atoms with Crippen LogP contribution in [0.1, 0.15) is 11.1 Å². The first kappa shape index (κ1) is 18.1. The molecule has 3 rings (SSSR count). The molecule has 0 aliphatic carbocycles. The van der Waals surface area contributed by atoms with Crippen molar-refractivity contribution in [3.8, 4) is 0 Å². The summed E-state index contributed by atoms with van der Waals surface area (Å²) in [6, 6.07) is 17.7. The van der Waals surface area contributed by atoms with Crippen molar-refractivity contribution in [2.24, 2.45) is 0 Å². The highest BCUT2D eigenvalue weighted by Crippen LogP contribution is 2.28. The summed E-state index contributed by atoms with van der Waals surface area (Å²) in [5, 5.41) is 0. The van der Waals surface area contributed by atoms with Crippen LogP contribution in [0.4, 0.5) is 14.5 Å². The molecule has 0 heterocycles. The molecule has 0 atom stereocenters. The average molecular weight is 373 g/mol. The van der Waals surface area contributed by atoms with Crippen LogP contribution in [0.15, 0.2) is 77.7 Å². The summed E-state index contributed by atoms with van der Waals surface area (Å²) in [6.07, 6.45) is 0. The minimum Gasteiger partial charge on any atom is -0.262 e. The van der Waals surface area contributed by atoms with E-state index in [1.807, 2.05) is 13.0 Å². The predicted octanol–water partition coefficient (Wildman–Crippen LogP) is 4.67.